The van der Waals surface area contributed by atoms with Crippen LogP contribution < -0.4 is 4.72 Å². The van der Waals surface area contributed by atoms with E-state index in [1.807, 2.05) is 6.92 Å². The molecule has 1 aliphatic carbocycles. The van der Waals surface area contributed by atoms with Gasteiger partial charge in [0.25, 0.3) is 10.2 Å². The van der Waals surface area contributed by atoms with Crippen molar-refractivity contribution in [2.75, 3.05) is 19.7 Å². The summed E-state index contributed by atoms with van der Waals surface area (Å²) < 4.78 is 27.9. The summed E-state index contributed by atoms with van der Waals surface area (Å²) in [6.07, 6.45) is 4.75. The maximum atomic E-state index is 12.0. The second-order valence-corrected chi connectivity index (χ2v) is 5.88. The minimum Gasteiger partial charge on any atom is -0.395 e. The number of nitrogens with one attached hydrogen (secondary N) is 1. The molecular weight excluding hydrogens is 228 g/mol. The van der Waals surface area contributed by atoms with Crippen LogP contribution in [0, 0.1) is 0 Å². The lowest BCUT2D eigenvalue weighted by atomic mass is 10.2. The van der Waals surface area contributed by atoms with Crippen LogP contribution in [0.5, 0.6) is 0 Å². The fraction of sp³-hybridized carbons (Fsp3) is 1.00. The molecule has 0 spiro atoms. The summed E-state index contributed by atoms with van der Waals surface area (Å²) in [5, 5.41) is 8.95. The van der Waals surface area contributed by atoms with Crippen molar-refractivity contribution in [3.8, 4) is 0 Å². The zero-order chi connectivity index (χ0) is 12.0. The summed E-state index contributed by atoms with van der Waals surface area (Å²) in [5.74, 6) is 0. The zero-order valence-corrected chi connectivity index (χ0v) is 10.7. The molecule has 1 fully saturated rings. The van der Waals surface area contributed by atoms with Crippen molar-refractivity contribution >= 4 is 10.2 Å². The van der Waals surface area contributed by atoms with Crippen molar-refractivity contribution in [3.05, 3.63) is 0 Å². The summed E-state index contributed by atoms with van der Waals surface area (Å²) in [5.41, 5.74) is 0. The monoisotopic (exact) mass is 250 g/mol. The highest BCUT2D eigenvalue weighted by Crippen LogP contribution is 2.24. The van der Waals surface area contributed by atoms with Crippen LogP contribution in [0.4, 0.5) is 0 Å². The van der Waals surface area contributed by atoms with E-state index in [2.05, 4.69) is 4.72 Å². The number of aliphatic hydroxyl groups excluding tert-OH is 1. The first kappa shape index (κ1) is 13.9. The van der Waals surface area contributed by atoms with Gasteiger partial charge in [-0.2, -0.15) is 12.7 Å². The van der Waals surface area contributed by atoms with Gasteiger partial charge in [0.2, 0.25) is 0 Å². The van der Waals surface area contributed by atoms with E-state index < -0.39 is 10.2 Å². The van der Waals surface area contributed by atoms with Gasteiger partial charge in [0, 0.05) is 19.1 Å². The molecule has 0 aromatic carbocycles. The summed E-state index contributed by atoms with van der Waals surface area (Å²) in [6, 6.07) is 0.0708. The quantitative estimate of drug-likeness (QED) is 0.690. The number of nitrogens with zero attached hydrogens (tertiary/aromatic N) is 1. The van der Waals surface area contributed by atoms with E-state index in [4.69, 9.17) is 5.11 Å². The molecule has 96 valence electrons. The van der Waals surface area contributed by atoms with Crippen LogP contribution in [0.25, 0.3) is 0 Å². The fourth-order valence-corrected chi connectivity index (χ4v) is 3.66. The van der Waals surface area contributed by atoms with Gasteiger partial charge in [-0.15, -0.1) is 0 Å². The van der Waals surface area contributed by atoms with Crippen molar-refractivity contribution in [1.82, 2.24) is 9.03 Å². The molecule has 1 aliphatic rings. The van der Waals surface area contributed by atoms with E-state index in [0.29, 0.717) is 6.54 Å². The van der Waals surface area contributed by atoms with Crippen molar-refractivity contribution < 1.29 is 13.5 Å². The van der Waals surface area contributed by atoms with Crippen molar-refractivity contribution in [3.63, 3.8) is 0 Å². The van der Waals surface area contributed by atoms with Crippen LogP contribution >= 0.6 is 0 Å². The fourth-order valence-electron chi connectivity index (χ4n) is 2.10. The minimum absolute atomic E-state index is 0.0708. The van der Waals surface area contributed by atoms with Gasteiger partial charge in [-0.25, -0.2) is 4.72 Å². The second-order valence-electron chi connectivity index (χ2n) is 4.17. The highest BCUT2D eigenvalue weighted by molar-refractivity contribution is 7.87. The van der Waals surface area contributed by atoms with Gasteiger partial charge in [0.05, 0.1) is 6.61 Å². The summed E-state index contributed by atoms with van der Waals surface area (Å²) in [4.78, 5) is 0. The molecule has 0 aromatic rings. The average molecular weight is 250 g/mol. The second kappa shape index (κ2) is 6.54. The predicted molar refractivity (Wildman–Crippen MR) is 63.3 cm³/mol. The Bertz CT molecular complexity index is 286. The number of rotatable bonds is 7. The molecule has 0 aliphatic heterocycles. The highest BCUT2D eigenvalue weighted by atomic mass is 32.2. The first-order chi connectivity index (χ1) is 7.61. The molecule has 0 atom stereocenters. The number of hydrogen-bond donors (Lipinski definition) is 2. The Morgan fingerprint density at radius 1 is 1.38 bits per heavy atom. The first-order valence-corrected chi connectivity index (χ1v) is 7.43. The molecule has 0 unspecified atom stereocenters. The molecule has 5 nitrogen and oxygen atoms in total. The van der Waals surface area contributed by atoms with Crippen LogP contribution in [0.3, 0.4) is 0 Å². The van der Waals surface area contributed by atoms with Crippen LogP contribution in [0.1, 0.15) is 39.0 Å². The highest BCUT2D eigenvalue weighted by Gasteiger charge is 2.30. The van der Waals surface area contributed by atoms with Crippen LogP contribution in [0.2, 0.25) is 0 Å². The molecule has 16 heavy (non-hydrogen) atoms. The Balaban J connectivity index is 2.67. The van der Waals surface area contributed by atoms with E-state index in [1.54, 1.807) is 0 Å². The third-order valence-corrected chi connectivity index (χ3v) is 4.56. The van der Waals surface area contributed by atoms with E-state index >= 15 is 0 Å². The summed E-state index contributed by atoms with van der Waals surface area (Å²) in [7, 11) is -3.41. The molecule has 6 heteroatoms. The lowest BCUT2D eigenvalue weighted by Gasteiger charge is -2.27. The van der Waals surface area contributed by atoms with Gasteiger partial charge in [-0.3, -0.25) is 0 Å². The van der Waals surface area contributed by atoms with Gasteiger partial charge in [-0.1, -0.05) is 19.8 Å². The molecule has 1 saturated carbocycles. The molecule has 0 amide bonds. The topological polar surface area (TPSA) is 69.6 Å². The summed E-state index contributed by atoms with van der Waals surface area (Å²) >= 11 is 0. The van der Waals surface area contributed by atoms with Gasteiger partial charge >= 0.3 is 0 Å². The predicted octanol–water partition coefficient (Wildman–Crippen LogP) is 0.468. The van der Waals surface area contributed by atoms with Crippen LogP contribution in [0.15, 0.2) is 0 Å². The maximum absolute atomic E-state index is 12.0. The summed E-state index contributed by atoms with van der Waals surface area (Å²) in [6.45, 7) is 2.46. The van der Waals surface area contributed by atoms with E-state index in [9.17, 15) is 8.42 Å². The van der Waals surface area contributed by atoms with Gasteiger partial charge < -0.3 is 5.11 Å². The van der Waals surface area contributed by atoms with Crippen molar-refractivity contribution in [2.45, 2.75) is 45.1 Å². The van der Waals surface area contributed by atoms with E-state index in [-0.39, 0.29) is 19.2 Å². The largest absolute Gasteiger partial charge is 0.395 e. The van der Waals surface area contributed by atoms with Crippen LogP contribution in [-0.2, 0) is 10.2 Å². The Labute approximate surface area is 98.0 Å². The molecule has 0 saturated heterocycles. The number of aliphatic hydroxyl groups is 1. The third-order valence-electron chi connectivity index (χ3n) is 2.90. The zero-order valence-electron chi connectivity index (χ0n) is 9.85. The molecular formula is C10H22N2O3S. The smallest absolute Gasteiger partial charge is 0.279 e. The average Bonchev–Trinajstić information content (AvgIpc) is 2.76. The lowest BCUT2D eigenvalue weighted by molar-refractivity contribution is 0.224. The third kappa shape index (κ3) is 3.69. The Morgan fingerprint density at radius 2 is 2.00 bits per heavy atom. The van der Waals surface area contributed by atoms with Crippen molar-refractivity contribution in [2.24, 2.45) is 0 Å². The van der Waals surface area contributed by atoms with E-state index in [0.717, 1.165) is 32.1 Å². The first-order valence-electron chi connectivity index (χ1n) is 5.99. The molecule has 0 radical (unpaired) electrons. The maximum Gasteiger partial charge on any atom is 0.279 e. The SMILES string of the molecule is CCCNS(=O)(=O)N(CCO)C1CCCC1. The Hall–Kier alpha value is -0.170. The number of hydrogen-bond acceptors (Lipinski definition) is 3. The Morgan fingerprint density at radius 3 is 2.50 bits per heavy atom. The molecule has 2 N–H and O–H groups in total. The minimum atomic E-state index is -3.41. The standard InChI is InChI=1S/C10H22N2O3S/c1-2-7-11-16(14,15)12(8-9-13)10-5-3-4-6-10/h10-11,13H,2-9H2,1H3. The van der Waals surface area contributed by atoms with Gasteiger partial charge in [-0.05, 0) is 19.3 Å². The van der Waals surface area contributed by atoms with Crippen molar-refractivity contribution in [1.29, 1.82) is 0 Å². The molecule has 0 bridgehead atoms. The van der Waals surface area contributed by atoms with E-state index in [1.165, 1.54) is 4.31 Å². The van der Waals surface area contributed by atoms with Gasteiger partial charge in [0.15, 0.2) is 0 Å². The molecule has 0 aromatic heterocycles. The van der Waals surface area contributed by atoms with Gasteiger partial charge in [0.1, 0.15) is 0 Å². The van der Waals surface area contributed by atoms with Crippen LogP contribution in [-0.4, -0.2) is 43.6 Å². The lowest BCUT2D eigenvalue weighted by Crippen LogP contribution is -2.47. The normalized spacial score (nSPS) is 18.4. The molecule has 0 heterocycles. The molecule has 1 rings (SSSR count). The Kier molecular flexibility index (Phi) is 5.68.